The van der Waals surface area contributed by atoms with Crippen molar-refractivity contribution in [1.29, 1.82) is 5.26 Å². The number of anilines is 1. The molecule has 0 saturated carbocycles. The Balaban J connectivity index is 2.22. The topological polar surface area (TPSA) is 57.0 Å². The van der Waals surface area contributed by atoms with Crippen LogP contribution in [0.1, 0.15) is 49.1 Å². The molecule has 7 heteroatoms. The number of alkyl halides is 3. The molecule has 0 saturated heterocycles. The first-order valence-electron chi connectivity index (χ1n) is 9.81. The highest BCUT2D eigenvalue weighted by Crippen LogP contribution is 2.31. The first kappa shape index (κ1) is 23.9. The van der Waals surface area contributed by atoms with E-state index in [1.165, 1.54) is 18.3 Å². The third-order valence-corrected chi connectivity index (χ3v) is 4.47. The number of hydrogen-bond acceptors (Lipinski definition) is 3. The number of rotatable bonds is 7. The molecule has 0 bridgehead atoms. The van der Waals surface area contributed by atoms with Crippen LogP contribution < -0.4 is 4.90 Å². The highest BCUT2D eigenvalue weighted by Gasteiger charge is 2.30. The zero-order valence-electron chi connectivity index (χ0n) is 17.7. The first-order valence-corrected chi connectivity index (χ1v) is 9.81. The van der Waals surface area contributed by atoms with Crippen LogP contribution in [0.2, 0.25) is 0 Å². The van der Waals surface area contributed by atoms with E-state index in [-0.39, 0.29) is 18.0 Å². The fraction of sp³-hybridized carbons (Fsp3) is 0.292. The Morgan fingerprint density at radius 1 is 1.26 bits per heavy atom. The average Bonchev–Trinajstić information content (AvgIpc) is 2.71. The Kier molecular flexibility index (Phi) is 8.14. The highest BCUT2D eigenvalue weighted by molar-refractivity contribution is 5.94. The largest absolute Gasteiger partial charge is 0.416 e. The fourth-order valence-corrected chi connectivity index (χ4v) is 3.08. The number of pyridine rings is 1. The predicted molar refractivity (Wildman–Crippen MR) is 115 cm³/mol. The molecule has 4 nitrogen and oxygen atoms in total. The van der Waals surface area contributed by atoms with E-state index in [1.807, 2.05) is 26.0 Å². The highest BCUT2D eigenvalue weighted by atomic mass is 19.4. The number of halogens is 3. The number of hydrogen-bond donors (Lipinski definition) is 0. The van der Waals surface area contributed by atoms with Crippen LogP contribution >= 0.6 is 0 Å². The van der Waals surface area contributed by atoms with Crippen molar-refractivity contribution in [2.24, 2.45) is 0 Å². The average molecular weight is 427 g/mol. The van der Waals surface area contributed by atoms with Gasteiger partial charge in [-0.3, -0.25) is 4.79 Å². The van der Waals surface area contributed by atoms with Crippen LogP contribution in [0.15, 0.2) is 54.3 Å². The quantitative estimate of drug-likeness (QED) is 0.504. The number of allylic oxidation sites excluding steroid dienone is 1. The standard InChI is InChI=1S/C24H24F3N3O/c1-4-6-17(2)16-30(22-10-9-21(14-28)29-15-22)23(31)8-5-7-19-11-18(3)12-20(13-19)24(25,26)27/h5-7,9-13,15H,4,8,16H2,1-3H3/b7-5+,17-6+. The number of nitriles is 1. The summed E-state index contributed by atoms with van der Waals surface area (Å²) in [5.74, 6) is -0.227. The first-order chi connectivity index (χ1) is 14.6. The second-order valence-electron chi connectivity index (χ2n) is 7.19. The second kappa shape index (κ2) is 10.6. The minimum absolute atomic E-state index is 0.00863. The Hall–Kier alpha value is -3.40. The second-order valence-corrected chi connectivity index (χ2v) is 7.19. The van der Waals surface area contributed by atoms with Gasteiger partial charge in [-0.15, -0.1) is 0 Å². The number of aryl methyl sites for hydroxylation is 1. The molecule has 0 aliphatic heterocycles. The van der Waals surface area contributed by atoms with Gasteiger partial charge >= 0.3 is 6.18 Å². The number of carbonyl (C=O) groups excluding carboxylic acids is 1. The zero-order chi connectivity index (χ0) is 23.0. The van der Waals surface area contributed by atoms with Gasteiger partial charge in [-0.2, -0.15) is 18.4 Å². The number of benzene rings is 1. The fourth-order valence-electron chi connectivity index (χ4n) is 3.08. The molecule has 31 heavy (non-hydrogen) atoms. The van der Waals surface area contributed by atoms with Crippen LogP contribution in [-0.2, 0) is 11.0 Å². The van der Waals surface area contributed by atoms with Crippen LogP contribution in [0.4, 0.5) is 18.9 Å². The van der Waals surface area contributed by atoms with E-state index >= 15 is 0 Å². The number of nitrogens with zero attached hydrogens (tertiary/aromatic N) is 3. The maximum Gasteiger partial charge on any atom is 0.416 e. The molecule has 0 unspecified atom stereocenters. The monoisotopic (exact) mass is 427 g/mol. The van der Waals surface area contributed by atoms with Crippen LogP contribution in [0.25, 0.3) is 6.08 Å². The van der Waals surface area contributed by atoms with Gasteiger partial charge in [-0.1, -0.05) is 36.8 Å². The molecular formula is C24H24F3N3O. The van der Waals surface area contributed by atoms with Crippen molar-refractivity contribution < 1.29 is 18.0 Å². The third-order valence-electron chi connectivity index (χ3n) is 4.47. The lowest BCUT2D eigenvalue weighted by molar-refractivity contribution is -0.137. The molecule has 2 rings (SSSR count). The molecule has 1 heterocycles. The van der Waals surface area contributed by atoms with Crippen molar-refractivity contribution in [3.63, 3.8) is 0 Å². The van der Waals surface area contributed by atoms with Gasteiger partial charge in [0.25, 0.3) is 0 Å². The van der Waals surface area contributed by atoms with Crippen LogP contribution in [0, 0.1) is 18.3 Å². The molecule has 0 atom stereocenters. The van der Waals surface area contributed by atoms with Crippen LogP contribution in [0.3, 0.4) is 0 Å². The lowest BCUT2D eigenvalue weighted by atomic mass is 10.1. The Morgan fingerprint density at radius 3 is 2.58 bits per heavy atom. The summed E-state index contributed by atoms with van der Waals surface area (Å²) < 4.78 is 39.0. The van der Waals surface area contributed by atoms with Crippen molar-refractivity contribution in [1.82, 2.24) is 4.98 Å². The van der Waals surface area contributed by atoms with E-state index < -0.39 is 11.7 Å². The summed E-state index contributed by atoms with van der Waals surface area (Å²) in [4.78, 5) is 18.5. The van der Waals surface area contributed by atoms with Gasteiger partial charge < -0.3 is 4.90 Å². The van der Waals surface area contributed by atoms with Gasteiger partial charge in [0.2, 0.25) is 5.91 Å². The lowest BCUT2D eigenvalue weighted by Gasteiger charge is -2.22. The molecule has 0 aliphatic carbocycles. The molecule has 0 radical (unpaired) electrons. The Morgan fingerprint density at radius 2 is 2.00 bits per heavy atom. The van der Waals surface area contributed by atoms with Gasteiger partial charge in [0.15, 0.2) is 0 Å². The maximum absolute atomic E-state index is 13.0. The van der Waals surface area contributed by atoms with E-state index in [0.29, 0.717) is 23.4 Å². The molecule has 162 valence electrons. The third kappa shape index (κ3) is 7.10. The lowest BCUT2D eigenvalue weighted by Crippen LogP contribution is -2.32. The van der Waals surface area contributed by atoms with Gasteiger partial charge in [-0.25, -0.2) is 4.98 Å². The minimum atomic E-state index is -4.42. The summed E-state index contributed by atoms with van der Waals surface area (Å²) in [6, 6.07) is 8.91. The summed E-state index contributed by atoms with van der Waals surface area (Å²) in [7, 11) is 0. The van der Waals surface area contributed by atoms with Gasteiger partial charge in [-0.05, 0) is 55.7 Å². The van der Waals surface area contributed by atoms with Gasteiger partial charge in [0, 0.05) is 13.0 Å². The minimum Gasteiger partial charge on any atom is -0.307 e. The summed E-state index contributed by atoms with van der Waals surface area (Å²) in [5.41, 5.74) is 1.95. The zero-order valence-corrected chi connectivity index (χ0v) is 17.7. The van der Waals surface area contributed by atoms with Crippen molar-refractivity contribution in [3.05, 3.63) is 76.6 Å². The van der Waals surface area contributed by atoms with E-state index in [2.05, 4.69) is 4.98 Å². The molecule has 1 amide bonds. The molecule has 0 aliphatic rings. The SMILES string of the molecule is CC/C=C(\C)CN(C(=O)C/C=C/c1cc(C)cc(C(F)(F)F)c1)c1ccc(C#N)nc1. The molecule has 0 spiro atoms. The maximum atomic E-state index is 13.0. The van der Waals surface area contributed by atoms with E-state index in [0.717, 1.165) is 24.1 Å². The Labute approximate surface area is 180 Å². The van der Waals surface area contributed by atoms with Gasteiger partial charge in [0.1, 0.15) is 11.8 Å². The van der Waals surface area contributed by atoms with E-state index in [9.17, 15) is 18.0 Å². The van der Waals surface area contributed by atoms with Crippen molar-refractivity contribution in [3.8, 4) is 6.07 Å². The van der Waals surface area contributed by atoms with Crippen molar-refractivity contribution in [2.75, 3.05) is 11.4 Å². The normalized spacial score (nSPS) is 12.1. The summed E-state index contributed by atoms with van der Waals surface area (Å²) >= 11 is 0. The molecule has 0 N–H and O–H groups in total. The number of aromatic nitrogens is 1. The molecule has 1 aromatic heterocycles. The van der Waals surface area contributed by atoms with Crippen LogP contribution in [-0.4, -0.2) is 17.4 Å². The predicted octanol–water partition coefficient (Wildman–Crippen LogP) is 6.07. The van der Waals surface area contributed by atoms with Gasteiger partial charge in [0.05, 0.1) is 17.4 Å². The summed E-state index contributed by atoms with van der Waals surface area (Å²) in [6.07, 6.45) is 2.97. The number of amides is 1. The Bertz CT molecular complexity index is 1020. The summed E-state index contributed by atoms with van der Waals surface area (Å²) in [5, 5.41) is 8.92. The summed E-state index contributed by atoms with van der Waals surface area (Å²) in [6.45, 7) is 5.87. The smallest absolute Gasteiger partial charge is 0.307 e. The van der Waals surface area contributed by atoms with E-state index in [4.69, 9.17) is 5.26 Å². The molecule has 0 fully saturated rings. The number of carbonyl (C=O) groups is 1. The van der Waals surface area contributed by atoms with Crippen molar-refractivity contribution in [2.45, 2.75) is 39.8 Å². The van der Waals surface area contributed by atoms with E-state index in [1.54, 1.807) is 30.0 Å². The molecule has 1 aromatic carbocycles. The van der Waals surface area contributed by atoms with Crippen molar-refractivity contribution >= 4 is 17.7 Å². The molecular weight excluding hydrogens is 403 g/mol. The molecule has 2 aromatic rings. The van der Waals surface area contributed by atoms with Crippen LogP contribution in [0.5, 0.6) is 0 Å².